The number of hydrogen-bond donors (Lipinski definition) is 0. The summed E-state index contributed by atoms with van der Waals surface area (Å²) in [5.41, 5.74) is 7.99. The Hall–Kier alpha value is -3.33. The fourth-order valence-electron chi connectivity index (χ4n) is 3.45. The molecule has 0 saturated heterocycles. The van der Waals surface area contributed by atoms with Crippen molar-refractivity contribution in [3.05, 3.63) is 114 Å². The second kappa shape index (κ2) is 9.93. The average molecular weight is 398 g/mol. The van der Waals surface area contributed by atoms with Crippen LogP contribution in [0.2, 0.25) is 0 Å². The molecule has 3 nitrogen and oxygen atoms in total. The summed E-state index contributed by atoms with van der Waals surface area (Å²) in [7, 11) is 2.14. The molecule has 0 fully saturated rings. The SMILES string of the molecule is C=C/C=C(\C=C(/C)N(C)CCc1ccccc1)c1cc(C)nn1-c1cccc(C)c1. The molecule has 3 aromatic rings. The van der Waals surface area contributed by atoms with Crippen molar-refractivity contribution in [3.8, 4) is 5.69 Å². The van der Waals surface area contributed by atoms with E-state index in [1.807, 2.05) is 17.7 Å². The van der Waals surface area contributed by atoms with E-state index in [0.717, 1.165) is 35.6 Å². The van der Waals surface area contributed by atoms with Gasteiger partial charge in [0.1, 0.15) is 0 Å². The first kappa shape index (κ1) is 21.4. The molecule has 0 N–H and O–H groups in total. The van der Waals surface area contributed by atoms with Gasteiger partial charge in [0, 0.05) is 24.9 Å². The quantitative estimate of drug-likeness (QED) is 0.426. The van der Waals surface area contributed by atoms with Crippen molar-refractivity contribution in [2.75, 3.05) is 13.6 Å². The highest BCUT2D eigenvalue weighted by atomic mass is 15.3. The van der Waals surface area contributed by atoms with Gasteiger partial charge in [-0.2, -0.15) is 5.10 Å². The van der Waals surface area contributed by atoms with Crippen LogP contribution in [-0.4, -0.2) is 28.3 Å². The predicted octanol–water partition coefficient (Wildman–Crippen LogP) is 6.14. The summed E-state index contributed by atoms with van der Waals surface area (Å²) >= 11 is 0. The van der Waals surface area contributed by atoms with E-state index in [0.29, 0.717) is 0 Å². The molecule has 1 heterocycles. The van der Waals surface area contributed by atoms with E-state index in [4.69, 9.17) is 5.10 Å². The van der Waals surface area contributed by atoms with E-state index in [-0.39, 0.29) is 0 Å². The molecule has 3 heteroatoms. The van der Waals surface area contributed by atoms with Gasteiger partial charge in [-0.3, -0.25) is 0 Å². The van der Waals surface area contributed by atoms with Gasteiger partial charge in [-0.05, 0) is 62.6 Å². The summed E-state index contributed by atoms with van der Waals surface area (Å²) in [6.07, 6.45) is 7.13. The van der Waals surface area contributed by atoms with Crippen molar-refractivity contribution >= 4 is 5.57 Å². The van der Waals surface area contributed by atoms with Gasteiger partial charge in [0.2, 0.25) is 0 Å². The van der Waals surface area contributed by atoms with Gasteiger partial charge in [0.05, 0.1) is 17.1 Å². The van der Waals surface area contributed by atoms with E-state index >= 15 is 0 Å². The molecule has 0 saturated carbocycles. The molecule has 0 spiro atoms. The van der Waals surface area contributed by atoms with Crippen LogP contribution < -0.4 is 0 Å². The molecule has 0 radical (unpaired) electrons. The van der Waals surface area contributed by atoms with Crippen molar-refractivity contribution in [1.82, 2.24) is 14.7 Å². The van der Waals surface area contributed by atoms with Crippen LogP contribution in [0.15, 0.2) is 91.2 Å². The number of allylic oxidation sites excluding steroid dienone is 5. The maximum absolute atomic E-state index is 4.75. The van der Waals surface area contributed by atoms with Crippen LogP contribution >= 0.6 is 0 Å². The topological polar surface area (TPSA) is 21.1 Å². The molecular formula is C27H31N3. The Morgan fingerprint density at radius 1 is 1.07 bits per heavy atom. The molecule has 3 rings (SSSR count). The Balaban J connectivity index is 1.87. The van der Waals surface area contributed by atoms with E-state index < -0.39 is 0 Å². The molecule has 0 atom stereocenters. The Morgan fingerprint density at radius 2 is 1.83 bits per heavy atom. The molecule has 0 unspecified atom stereocenters. The number of aryl methyl sites for hydroxylation is 2. The second-order valence-electron chi connectivity index (χ2n) is 7.72. The Bertz CT molecular complexity index is 1050. The summed E-state index contributed by atoms with van der Waals surface area (Å²) in [6, 6.07) is 21.2. The first-order valence-corrected chi connectivity index (χ1v) is 10.4. The molecule has 30 heavy (non-hydrogen) atoms. The van der Waals surface area contributed by atoms with Gasteiger partial charge in [-0.25, -0.2) is 4.68 Å². The van der Waals surface area contributed by atoms with Gasteiger partial charge in [-0.1, -0.05) is 61.2 Å². The van der Waals surface area contributed by atoms with Crippen LogP contribution in [0, 0.1) is 13.8 Å². The van der Waals surface area contributed by atoms with Crippen LogP contribution in [0.4, 0.5) is 0 Å². The average Bonchev–Trinajstić information content (AvgIpc) is 3.14. The minimum absolute atomic E-state index is 0.962. The monoisotopic (exact) mass is 397 g/mol. The zero-order chi connectivity index (χ0) is 21.5. The van der Waals surface area contributed by atoms with E-state index in [2.05, 4.69) is 105 Å². The first-order valence-electron chi connectivity index (χ1n) is 10.4. The van der Waals surface area contributed by atoms with Crippen LogP contribution in [0.3, 0.4) is 0 Å². The van der Waals surface area contributed by atoms with Crippen LogP contribution in [-0.2, 0) is 6.42 Å². The molecule has 1 aromatic heterocycles. The van der Waals surface area contributed by atoms with Gasteiger partial charge < -0.3 is 4.90 Å². The maximum atomic E-state index is 4.75. The molecule has 0 amide bonds. The molecule has 0 bridgehead atoms. The van der Waals surface area contributed by atoms with E-state index in [1.54, 1.807) is 0 Å². The van der Waals surface area contributed by atoms with Crippen molar-refractivity contribution < 1.29 is 0 Å². The zero-order valence-corrected chi connectivity index (χ0v) is 18.5. The normalized spacial score (nSPS) is 12.1. The number of benzene rings is 2. The summed E-state index contributed by atoms with van der Waals surface area (Å²) in [5.74, 6) is 0. The summed E-state index contributed by atoms with van der Waals surface area (Å²) < 4.78 is 2.02. The molecular weight excluding hydrogens is 366 g/mol. The summed E-state index contributed by atoms with van der Waals surface area (Å²) in [6.45, 7) is 11.2. The number of hydrogen-bond acceptors (Lipinski definition) is 2. The molecule has 0 aliphatic carbocycles. The van der Waals surface area contributed by atoms with Gasteiger partial charge in [0.25, 0.3) is 0 Å². The van der Waals surface area contributed by atoms with E-state index in [1.165, 1.54) is 16.8 Å². The third kappa shape index (κ3) is 5.38. The highest BCUT2D eigenvalue weighted by Crippen LogP contribution is 2.24. The fourth-order valence-corrected chi connectivity index (χ4v) is 3.45. The number of aromatic nitrogens is 2. The number of rotatable bonds is 8. The van der Waals surface area contributed by atoms with Gasteiger partial charge in [0.15, 0.2) is 0 Å². The lowest BCUT2D eigenvalue weighted by atomic mass is 10.1. The highest BCUT2D eigenvalue weighted by molar-refractivity contribution is 5.75. The fraction of sp³-hybridized carbons (Fsp3) is 0.222. The molecule has 154 valence electrons. The van der Waals surface area contributed by atoms with Gasteiger partial charge >= 0.3 is 0 Å². The smallest absolute Gasteiger partial charge is 0.0744 e. The Labute approximate surface area is 180 Å². The van der Waals surface area contributed by atoms with Gasteiger partial charge in [-0.15, -0.1) is 0 Å². The summed E-state index contributed by atoms with van der Waals surface area (Å²) in [4.78, 5) is 2.30. The van der Waals surface area contributed by atoms with Crippen molar-refractivity contribution in [3.63, 3.8) is 0 Å². The standard InChI is InChI=1S/C27H31N3/c1-6-11-25(20-23(4)29(5)17-16-24-13-8-7-9-14-24)27-19-22(3)28-30(27)26-15-10-12-21(2)18-26/h6-15,18-20H,1,16-17H2,2-5H3/b23-20+,25-11+. The van der Waals surface area contributed by atoms with Crippen molar-refractivity contribution in [2.45, 2.75) is 27.2 Å². The third-order valence-corrected chi connectivity index (χ3v) is 5.22. The third-order valence-electron chi connectivity index (χ3n) is 5.22. The first-order chi connectivity index (χ1) is 14.5. The predicted molar refractivity (Wildman–Crippen MR) is 128 cm³/mol. The second-order valence-corrected chi connectivity index (χ2v) is 7.72. The largest absolute Gasteiger partial charge is 0.378 e. The maximum Gasteiger partial charge on any atom is 0.0744 e. The number of nitrogens with zero attached hydrogens (tertiary/aromatic N) is 3. The Morgan fingerprint density at radius 3 is 2.53 bits per heavy atom. The lowest BCUT2D eigenvalue weighted by molar-refractivity contribution is 0.423. The lowest BCUT2D eigenvalue weighted by Crippen LogP contribution is -2.19. The molecule has 0 aliphatic heterocycles. The minimum Gasteiger partial charge on any atom is -0.378 e. The lowest BCUT2D eigenvalue weighted by Gasteiger charge is -2.21. The molecule has 2 aromatic carbocycles. The van der Waals surface area contributed by atoms with E-state index in [9.17, 15) is 0 Å². The Kier molecular flexibility index (Phi) is 7.08. The highest BCUT2D eigenvalue weighted by Gasteiger charge is 2.12. The van der Waals surface area contributed by atoms with Crippen LogP contribution in [0.5, 0.6) is 0 Å². The van der Waals surface area contributed by atoms with Crippen LogP contribution in [0.25, 0.3) is 11.3 Å². The summed E-state index contributed by atoms with van der Waals surface area (Å²) in [5, 5.41) is 4.75. The van der Waals surface area contributed by atoms with Crippen molar-refractivity contribution in [2.24, 2.45) is 0 Å². The van der Waals surface area contributed by atoms with Crippen LogP contribution in [0.1, 0.15) is 29.4 Å². The number of likely N-dealkylation sites (N-methyl/N-ethyl adjacent to an activating group) is 1. The molecule has 0 aliphatic rings. The van der Waals surface area contributed by atoms with Crippen molar-refractivity contribution in [1.29, 1.82) is 0 Å². The zero-order valence-electron chi connectivity index (χ0n) is 18.5. The minimum atomic E-state index is 0.962.